The van der Waals surface area contributed by atoms with Gasteiger partial charge in [-0.05, 0) is 37.5 Å². The Labute approximate surface area is 177 Å². The van der Waals surface area contributed by atoms with Crippen molar-refractivity contribution in [3.63, 3.8) is 0 Å². The van der Waals surface area contributed by atoms with Crippen LogP contribution < -0.4 is 15.8 Å². The number of hydrogen-bond acceptors (Lipinski definition) is 5. The number of nitrogens with one attached hydrogen (secondary N) is 2. The zero-order valence-electron chi connectivity index (χ0n) is 16.8. The summed E-state index contributed by atoms with van der Waals surface area (Å²) in [7, 11) is -1.90. The van der Waals surface area contributed by atoms with Gasteiger partial charge in [0.05, 0.1) is 6.54 Å². The summed E-state index contributed by atoms with van der Waals surface area (Å²) in [6, 6.07) is 14.7. The Morgan fingerprint density at radius 1 is 1.28 bits per heavy atom. The first-order valence-corrected chi connectivity index (χ1v) is 12.1. The smallest absolute Gasteiger partial charge is 0.247 e. The SMILES string of the molecule is CN=C(NCc1ccc(S(N)(=O)=O)s1)NC1CCN(Cc2ccccc2)C(C)C1. The van der Waals surface area contributed by atoms with E-state index >= 15 is 0 Å². The van der Waals surface area contributed by atoms with Crippen molar-refractivity contribution >= 4 is 27.3 Å². The molecule has 7 nitrogen and oxygen atoms in total. The maximum atomic E-state index is 11.4. The minimum absolute atomic E-state index is 0.178. The van der Waals surface area contributed by atoms with Crippen LogP contribution in [0.5, 0.6) is 0 Å². The lowest BCUT2D eigenvalue weighted by Crippen LogP contribution is -2.51. The molecule has 0 radical (unpaired) electrons. The summed E-state index contributed by atoms with van der Waals surface area (Å²) in [5.74, 6) is 0.726. The number of hydrogen-bond donors (Lipinski definition) is 3. The number of guanidine groups is 1. The minimum Gasteiger partial charge on any atom is -0.354 e. The molecule has 2 heterocycles. The Kier molecular flexibility index (Phi) is 7.28. The van der Waals surface area contributed by atoms with E-state index in [4.69, 9.17) is 5.14 Å². The molecule has 0 bridgehead atoms. The molecule has 0 aliphatic carbocycles. The highest BCUT2D eigenvalue weighted by Gasteiger charge is 2.26. The van der Waals surface area contributed by atoms with E-state index < -0.39 is 10.0 Å². The molecular weight excluding hydrogens is 406 g/mol. The van der Waals surface area contributed by atoms with E-state index in [2.05, 4.69) is 51.7 Å². The first-order valence-electron chi connectivity index (χ1n) is 9.72. The quantitative estimate of drug-likeness (QED) is 0.477. The van der Waals surface area contributed by atoms with Gasteiger partial charge in [0.2, 0.25) is 10.0 Å². The van der Waals surface area contributed by atoms with Gasteiger partial charge >= 0.3 is 0 Å². The van der Waals surface area contributed by atoms with Gasteiger partial charge in [-0.25, -0.2) is 13.6 Å². The molecule has 29 heavy (non-hydrogen) atoms. The van der Waals surface area contributed by atoms with E-state index in [1.54, 1.807) is 13.1 Å². The highest BCUT2D eigenvalue weighted by atomic mass is 32.2. The van der Waals surface area contributed by atoms with Gasteiger partial charge in [-0.2, -0.15) is 0 Å². The average Bonchev–Trinajstić information content (AvgIpc) is 3.17. The monoisotopic (exact) mass is 435 g/mol. The fourth-order valence-corrected chi connectivity index (χ4v) is 5.29. The molecule has 4 N–H and O–H groups in total. The Bertz CT molecular complexity index is 927. The zero-order chi connectivity index (χ0) is 20.9. The van der Waals surface area contributed by atoms with E-state index in [0.717, 1.165) is 36.8 Å². The number of piperidine rings is 1. The predicted molar refractivity (Wildman–Crippen MR) is 118 cm³/mol. The molecule has 1 aliphatic rings. The molecule has 1 aliphatic heterocycles. The number of aliphatic imine (C=N–C) groups is 1. The number of rotatable bonds is 6. The third kappa shape index (κ3) is 6.27. The molecule has 1 fully saturated rings. The number of nitrogens with zero attached hydrogens (tertiary/aromatic N) is 2. The van der Waals surface area contributed by atoms with Crippen LogP contribution in [-0.4, -0.2) is 45.0 Å². The lowest BCUT2D eigenvalue weighted by Gasteiger charge is -2.38. The van der Waals surface area contributed by atoms with Crippen molar-refractivity contribution in [2.45, 2.75) is 49.1 Å². The van der Waals surface area contributed by atoms with Gasteiger partial charge in [0.25, 0.3) is 0 Å². The van der Waals surface area contributed by atoms with Crippen molar-refractivity contribution in [3.05, 3.63) is 52.9 Å². The first-order chi connectivity index (χ1) is 13.8. The van der Waals surface area contributed by atoms with Crippen LogP contribution >= 0.6 is 11.3 Å². The Morgan fingerprint density at radius 2 is 2.03 bits per heavy atom. The van der Waals surface area contributed by atoms with Crippen molar-refractivity contribution in [1.29, 1.82) is 0 Å². The highest BCUT2D eigenvalue weighted by Crippen LogP contribution is 2.21. The Morgan fingerprint density at radius 3 is 2.66 bits per heavy atom. The molecule has 2 aromatic rings. The van der Waals surface area contributed by atoms with E-state index in [1.165, 1.54) is 23.0 Å². The molecule has 1 saturated heterocycles. The van der Waals surface area contributed by atoms with Crippen molar-refractivity contribution in [3.8, 4) is 0 Å². The zero-order valence-corrected chi connectivity index (χ0v) is 18.5. The Hall–Kier alpha value is -1.94. The molecular formula is C20H29N5O2S2. The number of benzene rings is 1. The average molecular weight is 436 g/mol. The molecule has 0 amide bonds. The largest absolute Gasteiger partial charge is 0.354 e. The van der Waals surface area contributed by atoms with Crippen molar-refractivity contribution < 1.29 is 8.42 Å². The fraction of sp³-hybridized carbons (Fsp3) is 0.450. The number of sulfonamides is 1. The standard InChI is InChI=1S/C20H29N5O2S2/c1-15-12-17(10-11-25(15)14-16-6-4-3-5-7-16)24-20(22-2)23-13-18-8-9-19(28-18)29(21,26)27/h3-9,15,17H,10-14H2,1-2H3,(H2,21,26,27)(H2,22,23,24). The van der Waals surface area contributed by atoms with Crippen molar-refractivity contribution in [2.75, 3.05) is 13.6 Å². The normalized spacial score (nSPS) is 21.1. The van der Waals surface area contributed by atoms with E-state index in [0.29, 0.717) is 18.6 Å². The number of nitrogens with two attached hydrogens (primary N) is 1. The summed E-state index contributed by atoms with van der Waals surface area (Å²) in [6.07, 6.45) is 2.09. The third-order valence-electron chi connectivity index (χ3n) is 5.15. The second-order valence-corrected chi connectivity index (χ2v) is 10.3. The lowest BCUT2D eigenvalue weighted by molar-refractivity contribution is 0.134. The van der Waals surface area contributed by atoms with E-state index in [9.17, 15) is 8.42 Å². The first kappa shape index (κ1) is 21.8. The summed E-state index contributed by atoms with van der Waals surface area (Å²) < 4.78 is 23.0. The van der Waals surface area contributed by atoms with E-state index in [1.807, 2.05) is 6.07 Å². The molecule has 9 heteroatoms. The molecule has 3 rings (SSSR count). The predicted octanol–water partition coefficient (Wildman–Crippen LogP) is 2.11. The van der Waals surface area contributed by atoms with Gasteiger partial charge in [0.1, 0.15) is 4.21 Å². The molecule has 0 saturated carbocycles. The molecule has 2 unspecified atom stereocenters. The van der Waals surface area contributed by atoms with Gasteiger partial charge in [-0.3, -0.25) is 9.89 Å². The van der Waals surface area contributed by atoms with Gasteiger partial charge in [-0.1, -0.05) is 30.3 Å². The van der Waals surface area contributed by atoms with Gasteiger partial charge < -0.3 is 10.6 Å². The van der Waals surface area contributed by atoms with Crippen molar-refractivity contribution in [2.24, 2.45) is 10.1 Å². The van der Waals surface area contributed by atoms with Crippen LogP contribution in [0, 0.1) is 0 Å². The summed E-state index contributed by atoms with van der Waals surface area (Å²) in [5.41, 5.74) is 1.35. The van der Waals surface area contributed by atoms with Gasteiger partial charge in [0, 0.05) is 37.1 Å². The summed E-state index contributed by atoms with van der Waals surface area (Å²) in [6.45, 7) is 4.79. The maximum Gasteiger partial charge on any atom is 0.247 e. The molecule has 2 atom stereocenters. The van der Waals surface area contributed by atoms with Gasteiger partial charge in [0.15, 0.2) is 5.96 Å². The number of likely N-dealkylation sites (tertiary alicyclic amines) is 1. The molecule has 1 aromatic carbocycles. The highest BCUT2D eigenvalue weighted by molar-refractivity contribution is 7.91. The van der Waals surface area contributed by atoms with Crippen LogP contribution in [0.15, 0.2) is 51.7 Å². The summed E-state index contributed by atoms with van der Waals surface area (Å²) >= 11 is 1.18. The van der Waals surface area contributed by atoms with E-state index in [-0.39, 0.29) is 4.21 Å². The molecule has 1 aromatic heterocycles. The van der Waals surface area contributed by atoms with Gasteiger partial charge in [-0.15, -0.1) is 11.3 Å². The number of thiophene rings is 1. The molecule has 0 spiro atoms. The van der Waals surface area contributed by atoms with Crippen LogP contribution in [0.4, 0.5) is 0 Å². The third-order valence-corrected chi connectivity index (χ3v) is 7.68. The minimum atomic E-state index is -3.64. The van der Waals surface area contributed by atoms with Crippen LogP contribution in [0.3, 0.4) is 0 Å². The second-order valence-electron chi connectivity index (χ2n) is 7.36. The number of primary sulfonamides is 1. The van der Waals surface area contributed by atoms with Crippen LogP contribution in [0.2, 0.25) is 0 Å². The van der Waals surface area contributed by atoms with Crippen LogP contribution in [0.25, 0.3) is 0 Å². The maximum absolute atomic E-state index is 11.4. The van der Waals surface area contributed by atoms with Crippen molar-refractivity contribution in [1.82, 2.24) is 15.5 Å². The van der Waals surface area contributed by atoms with Crippen LogP contribution in [0.1, 0.15) is 30.2 Å². The Balaban J connectivity index is 1.48. The summed E-state index contributed by atoms with van der Waals surface area (Å²) in [4.78, 5) is 7.72. The lowest BCUT2D eigenvalue weighted by atomic mass is 9.97. The molecule has 158 valence electrons. The van der Waals surface area contributed by atoms with Crippen LogP contribution in [-0.2, 0) is 23.1 Å². The topological polar surface area (TPSA) is 99.8 Å². The fourth-order valence-electron chi connectivity index (χ4n) is 3.57. The summed E-state index contributed by atoms with van der Waals surface area (Å²) in [5, 5.41) is 11.9. The second kappa shape index (κ2) is 9.71.